The lowest BCUT2D eigenvalue weighted by molar-refractivity contribution is -0.135. The Morgan fingerprint density at radius 3 is 2.11 bits per heavy atom. The molecule has 3 saturated heterocycles. The third kappa shape index (κ3) is 4.43. The molecule has 0 aromatic heterocycles. The van der Waals surface area contributed by atoms with Crippen molar-refractivity contribution in [2.24, 2.45) is 23.7 Å². The lowest BCUT2D eigenvalue weighted by Gasteiger charge is -2.39. The van der Waals surface area contributed by atoms with Gasteiger partial charge in [0.25, 0.3) is 0 Å². The molecule has 5 heteroatoms. The van der Waals surface area contributed by atoms with Crippen molar-refractivity contribution in [2.45, 2.75) is 83.8 Å². The van der Waals surface area contributed by atoms with E-state index in [1.54, 1.807) is 4.90 Å². The summed E-state index contributed by atoms with van der Waals surface area (Å²) in [7, 11) is 0. The molecule has 0 N–H and O–H groups in total. The van der Waals surface area contributed by atoms with Crippen LogP contribution in [0.2, 0.25) is 0 Å². The normalized spacial score (nSPS) is 33.9. The molecule has 5 aliphatic rings. The fourth-order valence-electron chi connectivity index (χ4n) is 6.10. The van der Waals surface area contributed by atoms with Crippen LogP contribution < -0.4 is 0 Å². The van der Waals surface area contributed by atoms with Gasteiger partial charge in [0.1, 0.15) is 5.60 Å². The quantitative estimate of drug-likeness (QED) is 0.730. The summed E-state index contributed by atoms with van der Waals surface area (Å²) in [5.41, 5.74) is -0.449. The first-order valence-corrected chi connectivity index (χ1v) is 11.0. The Morgan fingerprint density at radius 2 is 1.52 bits per heavy atom. The van der Waals surface area contributed by atoms with Crippen LogP contribution in [0.25, 0.3) is 0 Å². The van der Waals surface area contributed by atoms with E-state index in [1.165, 1.54) is 32.1 Å². The van der Waals surface area contributed by atoms with Crippen molar-refractivity contribution in [1.29, 1.82) is 0 Å². The number of carbonyl (C=O) groups excluding carboxylic acids is 2. The second-order valence-electron chi connectivity index (χ2n) is 10.6. The van der Waals surface area contributed by atoms with Crippen LogP contribution in [0.15, 0.2) is 0 Å². The van der Waals surface area contributed by atoms with Crippen molar-refractivity contribution < 1.29 is 14.3 Å². The topological polar surface area (TPSA) is 49.9 Å². The monoisotopic (exact) mass is 376 g/mol. The Bertz CT molecular complexity index is 563. The third-order valence-corrected chi connectivity index (χ3v) is 7.16. The van der Waals surface area contributed by atoms with Crippen molar-refractivity contribution in [1.82, 2.24) is 9.80 Å². The van der Waals surface area contributed by atoms with Crippen LogP contribution >= 0.6 is 0 Å². The highest BCUT2D eigenvalue weighted by Crippen LogP contribution is 2.47. The molecule has 0 spiro atoms. The van der Waals surface area contributed by atoms with Gasteiger partial charge in [0.05, 0.1) is 0 Å². The summed E-state index contributed by atoms with van der Waals surface area (Å²) in [6.07, 6.45) is 8.89. The zero-order chi connectivity index (χ0) is 19.2. The van der Waals surface area contributed by atoms with Gasteiger partial charge in [-0.2, -0.15) is 0 Å². The summed E-state index contributed by atoms with van der Waals surface area (Å²) in [5, 5.41) is 0. The molecule has 0 aromatic carbocycles. The molecule has 152 valence electrons. The number of likely N-dealkylation sites (tertiary alicyclic amines) is 1. The minimum atomic E-state index is -0.449. The predicted octanol–water partition coefficient (Wildman–Crippen LogP) is 4.06. The van der Waals surface area contributed by atoms with Crippen LogP contribution in [-0.2, 0) is 9.53 Å². The first kappa shape index (κ1) is 19.1. The SMILES string of the molecule is CC(C)(C)OC(=O)N1CCC(CC(=O)N2CC3CC4CC(C3)CC2C4)CC1. The predicted molar refractivity (Wildman–Crippen MR) is 104 cm³/mol. The Labute approximate surface area is 163 Å². The van der Waals surface area contributed by atoms with Gasteiger partial charge in [0.15, 0.2) is 0 Å². The van der Waals surface area contributed by atoms with Gasteiger partial charge in [-0.3, -0.25) is 4.79 Å². The Balaban J connectivity index is 1.28. The minimum Gasteiger partial charge on any atom is -0.444 e. The summed E-state index contributed by atoms with van der Waals surface area (Å²) in [6.45, 7) is 8.13. The Morgan fingerprint density at radius 1 is 0.926 bits per heavy atom. The maximum absolute atomic E-state index is 13.1. The van der Waals surface area contributed by atoms with Crippen molar-refractivity contribution in [3.05, 3.63) is 0 Å². The lowest BCUT2D eigenvalue weighted by Crippen LogP contribution is -2.45. The molecule has 0 radical (unpaired) electrons. The maximum atomic E-state index is 13.1. The molecule has 2 atom stereocenters. The van der Waals surface area contributed by atoms with E-state index in [0.29, 0.717) is 37.4 Å². The second kappa shape index (κ2) is 7.29. The number of rotatable bonds is 2. The van der Waals surface area contributed by atoms with Crippen LogP contribution in [0.3, 0.4) is 0 Å². The van der Waals surface area contributed by atoms with Gasteiger partial charge in [-0.1, -0.05) is 0 Å². The molecular formula is C22H36N2O3. The highest BCUT2D eigenvalue weighted by Gasteiger charge is 2.44. The van der Waals surface area contributed by atoms with Crippen LogP contribution in [0.4, 0.5) is 4.79 Å². The molecule has 3 heterocycles. The summed E-state index contributed by atoms with van der Waals surface area (Å²) >= 11 is 0. The first-order chi connectivity index (χ1) is 12.8. The van der Waals surface area contributed by atoms with Crippen molar-refractivity contribution in [2.75, 3.05) is 19.6 Å². The van der Waals surface area contributed by atoms with Gasteiger partial charge in [0, 0.05) is 32.1 Å². The number of piperidine rings is 1. The van der Waals surface area contributed by atoms with Crippen LogP contribution in [0, 0.1) is 23.7 Å². The van der Waals surface area contributed by atoms with E-state index >= 15 is 0 Å². The fraction of sp³-hybridized carbons (Fsp3) is 0.909. The minimum absolute atomic E-state index is 0.215. The van der Waals surface area contributed by atoms with Crippen molar-refractivity contribution in [3.8, 4) is 0 Å². The zero-order valence-corrected chi connectivity index (χ0v) is 17.3. The second-order valence-corrected chi connectivity index (χ2v) is 10.6. The van der Waals surface area contributed by atoms with Gasteiger partial charge in [-0.25, -0.2) is 4.79 Å². The molecule has 3 aliphatic heterocycles. The van der Waals surface area contributed by atoms with Crippen molar-refractivity contribution >= 4 is 12.0 Å². The number of ether oxygens (including phenoxy) is 1. The number of fused-ring (bicyclic) bond motifs is 1. The van der Waals surface area contributed by atoms with Crippen LogP contribution in [-0.4, -0.2) is 53.1 Å². The van der Waals surface area contributed by atoms with E-state index in [-0.39, 0.29) is 6.09 Å². The van der Waals surface area contributed by atoms with E-state index in [0.717, 1.165) is 37.1 Å². The van der Waals surface area contributed by atoms with Gasteiger partial charge < -0.3 is 14.5 Å². The summed E-state index contributed by atoms with van der Waals surface area (Å²) in [6, 6.07) is 0.510. The number of hydrogen-bond acceptors (Lipinski definition) is 3. The molecule has 2 aliphatic carbocycles. The highest BCUT2D eigenvalue weighted by atomic mass is 16.6. The molecule has 2 amide bonds. The first-order valence-electron chi connectivity index (χ1n) is 11.0. The van der Waals surface area contributed by atoms with E-state index in [9.17, 15) is 9.59 Å². The molecule has 5 rings (SSSR count). The molecule has 5 nitrogen and oxygen atoms in total. The van der Waals surface area contributed by atoms with Crippen molar-refractivity contribution in [3.63, 3.8) is 0 Å². The van der Waals surface area contributed by atoms with Gasteiger partial charge in [-0.15, -0.1) is 0 Å². The number of hydrogen-bond donors (Lipinski definition) is 0. The van der Waals surface area contributed by atoms with Gasteiger partial charge >= 0.3 is 6.09 Å². The number of carbonyl (C=O) groups is 2. The molecule has 2 saturated carbocycles. The lowest BCUT2D eigenvalue weighted by atomic mass is 9.68. The molecular weight excluding hydrogens is 340 g/mol. The van der Waals surface area contributed by atoms with Crippen LogP contribution in [0.1, 0.15) is 72.1 Å². The van der Waals surface area contributed by atoms with E-state index in [1.807, 2.05) is 20.8 Å². The van der Waals surface area contributed by atoms with E-state index < -0.39 is 5.60 Å². The standard InChI is InChI=1S/C22H36N2O3/c1-22(2,3)27-21(26)23-6-4-15(5-7-23)13-20(25)24-14-18-9-16-8-17(10-18)12-19(24)11-16/h15-19H,4-14H2,1-3H3. The number of nitrogens with zero attached hydrogens (tertiary/aromatic N) is 2. The molecule has 27 heavy (non-hydrogen) atoms. The average molecular weight is 377 g/mol. The molecule has 0 aromatic rings. The largest absolute Gasteiger partial charge is 0.444 e. The Kier molecular flexibility index (Phi) is 5.15. The smallest absolute Gasteiger partial charge is 0.410 e. The summed E-state index contributed by atoms with van der Waals surface area (Å²) in [4.78, 5) is 29.4. The van der Waals surface area contributed by atoms with E-state index in [4.69, 9.17) is 4.74 Å². The van der Waals surface area contributed by atoms with E-state index in [2.05, 4.69) is 4.90 Å². The number of amides is 2. The molecule has 4 bridgehead atoms. The Hall–Kier alpha value is -1.26. The average Bonchev–Trinajstić information content (AvgIpc) is 2.77. The summed E-state index contributed by atoms with van der Waals surface area (Å²) < 4.78 is 5.48. The van der Waals surface area contributed by atoms with Gasteiger partial charge in [0.2, 0.25) is 5.91 Å². The zero-order valence-electron chi connectivity index (χ0n) is 17.3. The molecule has 2 unspecified atom stereocenters. The highest BCUT2D eigenvalue weighted by molar-refractivity contribution is 5.77. The maximum Gasteiger partial charge on any atom is 0.410 e. The van der Waals surface area contributed by atoms with Crippen LogP contribution in [0.5, 0.6) is 0 Å². The van der Waals surface area contributed by atoms with Gasteiger partial charge in [-0.05, 0) is 89.4 Å². The third-order valence-electron chi connectivity index (χ3n) is 7.16. The summed E-state index contributed by atoms with van der Waals surface area (Å²) in [5.74, 6) is 3.29. The molecule has 5 fully saturated rings. The fourth-order valence-corrected chi connectivity index (χ4v) is 6.10.